The fourth-order valence-electron chi connectivity index (χ4n) is 11.5. The van der Waals surface area contributed by atoms with Crippen molar-refractivity contribution in [3.05, 3.63) is 270 Å². The number of non-ortho nitro benzene ring substituents is 2. The number of halogens is 2. The molecule has 4 N–H and O–H groups in total. The third-order valence-electron chi connectivity index (χ3n) is 15.5. The lowest BCUT2D eigenvalue weighted by Gasteiger charge is -2.33. The first-order valence-corrected chi connectivity index (χ1v) is 29.0. The summed E-state index contributed by atoms with van der Waals surface area (Å²) in [6.45, 7) is 13.2. The molecule has 6 aromatic carbocycles. The number of nitro benzene ring substituents is 2. The molecule has 6 aromatic rings. The summed E-state index contributed by atoms with van der Waals surface area (Å²) >= 11 is 0. The van der Waals surface area contributed by atoms with Crippen LogP contribution in [0, 0.1) is 20.2 Å². The van der Waals surface area contributed by atoms with Crippen molar-refractivity contribution in [2.75, 3.05) is 54.5 Å². The van der Waals surface area contributed by atoms with Crippen molar-refractivity contribution < 1.29 is 53.4 Å². The van der Waals surface area contributed by atoms with Crippen molar-refractivity contribution in [3.63, 3.8) is 0 Å². The number of hydrogen-bond donors (Lipinski definition) is 2. The minimum atomic E-state index is -0.915. The van der Waals surface area contributed by atoms with E-state index in [4.69, 9.17) is 18.9 Å². The van der Waals surface area contributed by atoms with E-state index in [1.54, 1.807) is 26.0 Å². The molecule has 21 heteroatoms. The Morgan fingerprint density at radius 1 is 0.495 bits per heavy atom. The van der Waals surface area contributed by atoms with E-state index in [0.717, 1.165) is 25.9 Å². The van der Waals surface area contributed by atoms with Crippen LogP contribution in [0.5, 0.6) is 0 Å². The number of nitro groups is 2. The van der Waals surface area contributed by atoms with Gasteiger partial charge in [0.2, 0.25) is 0 Å². The number of carbonyl (C=O) groups is 4. The highest BCUT2D eigenvalue weighted by Gasteiger charge is 2.40. The van der Waals surface area contributed by atoms with E-state index in [9.17, 15) is 39.4 Å². The molecule has 2 unspecified atom stereocenters. The maximum atomic E-state index is 13.7. The SMILES string of the molecule is COC(=O)C1=C(C)NC=C(C(=O)OC(C)(C)CN(C)CCC(c2ccccc2)c2ccccc2)C1c1cccc([N+](=O)[O-])c1.COC(=O)C1=C(C)NC=C(C(=O)OC(C)(C)CN(C)CCC(c2ccccc2)c2ccccc2)C1c1cccc([N+](=O)[O-])c1.Cl.Cl.O. The van der Waals surface area contributed by atoms with Gasteiger partial charge in [-0.1, -0.05) is 146 Å². The highest BCUT2D eigenvalue weighted by atomic mass is 35.5. The molecule has 0 radical (unpaired) electrons. The molecule has 19 nitrogen and oxygen atoms in total. The zero-order valence-electron chi connectivity index (χ0n) is 52.9. The second-order valence-corrected chi connectivity index (χ2v) is 23.2. The van der Waals surface area contributed by atoms with E-state index in [1.807, 2.05) is 66.1 Å². The molecule has 0 aromatic heterocycles. The van der Waals surface area contributed by atoms with Crippen LogP contribution in [-0.4, -0.2) is 115 Å². The number of allylic oxidation sites excluding steroid dienone is 2. The molecule has 8 rings (SSSR count). The lowest BCUT2D eigenvalue weighted by molar-refractivity contribution is -0.385. The molecular weight excluding hydrogens is 1200 g/mol. The quantitative estimate of drug-likeness (QED) is 0.0247. The molecule has 0 fully saturated rings. The van der Waals surface area contributed by atoms with Crippen molar-refractivity contribution in [2.45, 2.75) is 89.3 Å². The number of nitrogens with one attached hydrogen (secondary N) is 2. The molecule has 0 amide bonds. The van der Waals surface area contributed by atoms with Crippen molar-refractivity contribution >= 4 is 60.1 Å². The van der Waals surface area contributed by atoms with E-state index in [-0.39, 0.29) is 75.8 Å². The molecule has 0 saturated heterocycles. The Kier molecular flexibility index (Phi) is 28.1. The molecule has 0 bridgehead atoms. The normalized spacial score (nSPS) is 14.6. The maximum Gasteiger partial charge on any atom is 0.337 e. The maximum absolute atomic E-state index is 13.7. The topological polar surface area (TPSA) is 254 Å². The summed E-state index contributed by atoms with van der Waals surface area (Å²) in [6.07, 6.45) is 4.73. The monoisotopic (exact) mass is 1280 g/mol. The standard InChI is InChI=1S/2C35H39N3O6.2ClH.H2O/c2*1-24-31(34(40)43-5)32(27-17-12-18-28(21-27)38(41)42)30(22-36-24)33(39)44-35(2,3)23-37(4)20-19-29(25-13-8-6-9-14-25)26-15-10-7-11-16-26;;;/h2*6-18,21-22,29,32,36H,19-20,23H2,1-5H3;2*1H;1H2. The zero-order valence-corrected chi connectivity index (χ0v) is 54.5. The van der Waals surface area contributed by atoms with Crippen LogP contribution in [0.25, 0.3) is 0 Å². The number of methoxy groups -OCH3 is 2. The number of rotatable bonds is 24. The fraction of sp³-hybridized carbons (Fsp3) is 0.314. The lowest BCUT2D eigenvalue weighted by atomic mass is 9.82. The van der Waals surface area contributed by atoms with E-state index >= 15 is 0 Å². The van der Waals surface area contributed by atoms with Gasteiger partial charge >= 0.3 is 23.9 Å². The van der Waals surface area contributed by atoms with Crippen LogP contribution in [0.1, 0.15) is 111 Å². The minimum Gasteiger partial charge on any atom is -0.466 e. The van der Waals surface area contributed by atoms with Gasteiger partial charge in [-0.2, -0.15) is 0 Å². The number of benzene rings is 6. The first-order valence-electron chi connectivity index (χ1n) is 29.0. The van der Waals surface area contributed by atoms with Crippen LogP contribution in [0.4, 0.5) is 11.4 Å². The highest BCUT2D eigenvalue weighted by Crippen LogP contribution is 2.41. The van der Waals surface area contributed by atoms with Gasteiger partial charge in [-0.3, -0.25) is 20.2 Å². The molecule has 484 valence electrons. The number of likely N-dealkylation sites (N-methyl/N-ethyl adjacent to an activating group) is 2. The summed E-state index contributed by atoms with van der Waals surface area (Å²) in [5, 5.41) is 29.0. The average molecular weight is 1290 g/mol. The van der Waals surface area contributed by atoms with Crippen LogP contribution >= 0.6 is 24.8 Å². The highest BCUT2D eigenvalue weighted by molar-refractivity contribution is 6.00. The molecule has 2 aliphatic rings. The number of hydrogen-bond acceptors (Lipinski definition) is 16. The van der Waals surface area contributed by atoms with Gasteiger partial charge in [0.15, 0.2) is 0 Å². The number of nitrogens with zero attached hydrogens (tertiary/aromatic N) is 4. The van der Waals surface area contributed by atoms with Gasteiger partial charge in [-0.05, 0) is 115 Å². The van der Waals surface area contributed by atoms with Crippen LogP contribution in [0.2, 0.25) is 0 Å². The molecule has 0 spiro atoms. The van der Waals surface area contributed by atoms with E-state index in [0.29, 0.717) is 35.6 Å². The second-order valence-electron chi connectivity index (χ2n) is 23.2. The van der Waals surface area contributed by atoms with Gasteiger partial charge in [0.25, 0.3) is 11.4 Å². The largest absolute Gasteiger partial charge is 0.466 e. The van der Waals surface area contributed by atoms with Crippen molar-refractivity contribution in [2.24, 2.45) is 0 Å². The summed E-state index contributed by atoms with van der Waals surface area (Å²) in [4.78, 5) is 79.5. The molecule has 91 heavy (non-hydrogen) atoms. The summed E-state index contributed by atoms with van der Waals surface area (Å²) in [6, 6.07) is 53.4. The Hall–Kier alpha value is -8.98. The predicted molar refractivity (Wildman–Crippen MR) is 356 cm³/mol. The molecule has 0 saturated carbocycles. The fourth-order valence-corrected chi connectivity index (χ4v) is 11.5. The smallest absolute Gasteiger partial charge is 0.337 e. The van der Waals surface area contributed by atoms with Gasteiger partial charge in [-0.25, -0.2) is 19.2 Å². The molecule has 2 atom stereocenters. The summed E-state index contributed by atoms with van der Waals surface area (Å²) in [7, 11) is 6.50. The van der Waals surface area contributed by atoms with Gasteiger partial charge in [-0.15, -0.1) is 24.8 Å². The summed E-state index contributed by atoms with van der Waals surface area (Å²) in [5.74, 6) is -3.95. The molecule has 2 aliphatic heterocycles. The van der Waals surface area contributed by atoms with Crippen molar-refractivity contribution in [3.8, 4) is 0 Å². The third-order valence-corrected chi connectivity index (χ3v) is 15.5. The predicted octanol–water partition coefficient (Wildman–Crippen LogP) is 12.2. The average Bonchev–Trinajstić information content (AvgIpc) is 0.945. The zero-order chi connectivity index (χ0) is 63.7. The minimum absolute atomic E-state index is 0. The van der Waals surface area contributed by atoms with Gasteiger partial charge in [0.1, 0.15) is 11.2 Å². The molecule has 2 heterocycles. The molecule has 0 aliphatic carbocycles. The van der Waals surface area contributed by atoms with Crippen LogP contribution in [0.3, 0.4) is 0 Å². The summed E-state index contributed by atoms with van der Waals surface area (Å²) < 4.78 is 22.2. The Labute approximate surface area is 544 Å². The van der Waals surface area contributed by atoms with Gasteiger partial charge < -0.3 is 44.9 Å². The van der Waals surface area contributed by atoms with E-state index < -0.39 is 56.8 Å². The second kappa shape index (κ2) is 34.3. The van der Waals surface area contributed by atoms with E-state index in [1.165, 1.54) is 85.3 Å². The van der Waals surface area contributed by atoms with Crippen LogP contribution in [0.15, 0.2) is 216 Å². The number of carbonyl (C=O) groups excluding carboxylic acids is 4. The summed E-state index contributed by atoms with van der Waals surface area (Å²) in [5.41, 5.74) is 5.34. The number of esters is 4. The van der Waals surface area contributed by atoms with Crippen molar-refractivity contribution in [1.29, 1.82) is 0 Å². The first-order chi connectivity index (χ1) is 42.0. The van der Waals surface area contributed by atoms with Gasteiger partial charge in [0, 0.05) is 73.0 Å². The van der Waals surface area contributed by atoms with Crippen molar-refractivity contribution in [1.82, 2.24) is 20.4 Å². The number of ether oxygens (including phenoxy) is 4. The Morgan fingerprint density at radius 3 is 1.07 bits per heavy atom. The number of dihydropyridines is 2. The molecular formula is C70H82Cl2N6O13. The van der Waals surface area contributed by atoms with Gasteiger partial charge in [0.05, 0.1) is 58.2 Å². The lowest BCUT2D eigenvalue weighted by Crippen LogP contribution is -2.42. The van der Waals surface area contributed by atoms with Crippen LogP contribution in [-0.2, 0) is 38.1 Å². The first kappa shape index (κ1) is 74.5. The van der Waals surface area contributed by atoms with Crippen LogP contribution < -0.4 is 10.6 Å². The Balaban J connectivity index is 0.000000376. The third kappa shape index (κ3) is 20.0. The Morgan fingerprint density at radius 2 is 0.791 bits per heavy atom. The van der Waals surface area contributed by atoms with E-state index in [2.05, 4.69) is 117 Å². The Bertz CT molecular complexity index is 3270.